The summed E-state index contributed by atoms with van der Waals surface area (Å²) in [6, 6.07) is 0. The molecular weight excluding hydrogens is 190 g/mol. The largest absolute Gasteiger partial charge is 0.481 e. The first-order valence-corrected chi connectivity index (χ1v) is 6.02. The Labute approximate surface area is 92.0 Å². The molecule has 1 saturated carbocycles. The van der Waals surface area contributed by atoms with Crippen LogP contribution < -0.4 is 5.73 Å². The summed E-state index contributed by atoms with van der Waals surface area (Å²) in [4.78, 5) is 11.0. The second-order valence-electron chi connectivity index (χ2n) is 5.11. The molecule has 0 bridgehead atoms. The summed E-state index contributed by atoms with van der Waals surface area (Å²) < 4.78 is 0. The smallest absolute Gasteiger partial charge is 0.310 e. The molecule has 1 unspecified atom stereocenters. The zero-order valence-corrected chi connectivity index (χ0v) is 9.67. The van der Waals surface area contributed by atoms with Gasteiger partial charge in [-0.3, -0.25) is 4.79 Å². The third-order valence-corrected chi connectivity index (χ3v) is 3.78. The molecule has 1 rings (SSSR count). The Kier molecular flexibility index (Phi) is 4.58. The molecule has 0 aromatic carbocycles. The van der Waals surface area contributed by atoms with Gasteiger partial charge in [0.15, 0.2) is 0 Å². The number of hydrogen-bond acceptors (Lipinski definition) is 2. The lowest BCUT2D eigenvalue weighted by Gasteiger charge is -2.23. The molecule has 88 valence electrons. The van der Waals surface area contributed by atoms with Crippen LogP contribution >= 0.6 is 0 Å². The molecule has 0 aliphatic heterocycles. The molecule has 0 heterocycles. The molecule has 3 heteroatoms. The molecule has 1 aliphatic rings. The fourth-order valence-electron chi connectivity index (χ4n) is 2.38. The van der Waals surface area contributed by atoms with Gasteiger partial charge in [-0.1, -0.05) is 38.5 Å². The Morgan fingerprint density at radius 1 is 1.47 bits per heavy atom. The predicted molar refractivity (Wildman–Crippen MR) is 60.6 cm³/mol. The Morgan fingerprint density at radius 3 is 2.53 bits per heavy atom. The fourth-order valence-corrected chi connectivity index (χ4v) is 2.38. The predicted octanol–water partition coefficient (Wildman–Crippen LogP) is 2.40. The Hall–Kier alpha value is -0.570. The van der Waals surface area contributed by atoms with Gasteiger partial charge in [0.1, 0.15) is 0 Å². The summed E-state index contributed by atoms with van der Waals surface area (Å²) in [5.41, 5.74) is 4.81. The second-order valence-corrected chi connectivity index (χ2v) is 5.11. The second kappa shape index (κ2) is 5.50. The van der Waals surface area contributed by atoms with Crippen LogP contribution in [-0.2, 0) is 4.79 Å². The number of carboxylic acids is 1. The van der Waals surface area contributed by atoms with Crippen LogP contribution in [0.15, 0.2) is 0 Å². The monoisotopic (exact) mass is 213 g/mol. The molecule has 0 aromatic rings. The molecule has 1 fully saturated rings. The summed E-state index contributed by atoms with van der Waals surface area (Å²) in [5.74, 6) is 0.0947. The van der Waals surface area contributed by atoms with Crippen molar-refractivity contribution in [3.05, 3.63) is 0 Å². The first-order valence-electron chi connectivity index (χ1n) is 6.02. The van der Waals surface area contributed by atoms with Crippen LogP contribution in [0.2, 0.25) is 0 Å². The zero-order valence-electron chi connectivity index (χ0n) is 9.67. The minimum absolute atomic E-state index is 0.243. The SMILES string of the molecule is CC(CN)(CCCC1CCCC1)C(=O)O. The third kappa shape index (κ3) is 3.49. The van der Waals surface area contributed by atoms with E-state index in [1.165, 1.54) is 32.1 Å². The highest BCUT2D eigenvalue weighted by Gasteiger charge is 2.31. The van der Waals surface area contributed by atoms with Crippen LogP contribution in [0.4, 0.5) is 0 Å². The van der Waals surface area contributed by atoms with Crippen LogP contribution in [0.5, 0.6) is 0 Å². The van der Waals surface area contributed by atoms with E-state index in [2.05, 4.69) is 0 Å². The molecule has 1 atom stereocenters. The van der Waals surface area contributed by atoms with Gasteiger partial charge in [0, 0.05) is 6.54 Å². The van der Waals surface area contributed by atoms with E-state index in [9.17, 15) is 4.79 Å². The minimum Gasteiger partial charge on any atom is -0.481 e. The molecular formula is C12H23NO2. The highest BCUT2D eigenvalue weighted by atomic mass is 16.4. The third-order valence-electron chi connectivity index (χ3n) is 3.78. The molecule has 1 aliphatic carbocycles. The van der Waals surface area contributed by atoms with E-state index in [4.69, 9.17) is 10.8 Å². The summed E-state index contributed by atoms with van der Waals surface area (Å²) in [6.07, 6.45) is 8.30. The molecule has 3 nitrogen and oxygen atoms in total. The molecule has 3 N–H and O–H groups in total. The van der Waals surface area contributed by atoms with Gasteiger partial charge in [0.25, 0.3) is 0 Å². The van der Waals surface area contributed by atoms with E-state index in [-0.39, 0.29) is 6.54 Å². The number of nitrogens with two attached hydrogens (primary N) is 1. The van der Waals surface area contributed by atoms with E-state index in [0.717, 1.165) is 18.8 Å². The van der Waals surface area contributed by atoms with Crippen molar-refractivity contribution < 1.29 is 9.90 Å². The van der Waals surface area contributed by atoms with Crippen molar-refractivity contribution in [1.29, 1.82) is 0 Å². The van der Waals surface area contributed by atoms with Crippen LogP contribution in [0.25, 0.3) is 0 Å². The Bertz CT molecular complexity index is 212. The molecule has 0 radical (unpaired) electrons. The van der Waals surface area contributed by atoms with E-state index in [1.807, 2.05) is 0 Å². The summed E-state index contributed by atoms with van der Waals surface area (Å²) >= 11 is 0. The topological polar surface area (TPSA) is 63.3 Å². The van der Waals surface area contributed by atoms with E-state index in [1.54, 1.807) is 6.92 Å². The van der Waals surface area contributed by atoms with Crippen LogP contribution in [-0.4, -0.2) is 17.6 Å². The van der Waals surface area contributed by atoms with Gasteiger partial charge >= 0.3 is 5.97 Å². The van der Waals surface area contributed by atoms with E-state index >= 15 is 0 Å². The van der Waals surface area contributed by atoms with Crippen molar-refractivity contribution in [2.45, 2.75) is 51.9 Å². The van der Waals surface area contributed by atoms with Crippen LogP contribution in [0, 0.1) is 11.3 Å². The van der Waals surface area contributed by atoms with Gasteiger partial charge in [-0.25, -0.2) is 0 Å². The van der Waals surface area contributed by atoms with Crippen molar-refractivity contribution in [1.82, 2.24) is 0 Å². The van der Waals surface area contributed by atoms with Gasteiger partial charge in [0.2, 0.25) is 0 Å². The highest BCUT2D eigenvalue weighted by molar-refractivity contribution is 5.74. The lowest BCUT2D eigenvalue weighted by Crippen LogP contribution is -2.35. The molecule has 15 heavy (non-hydrogen) atoms. The van der Waals surface area contributed by atoms with Gasteiger partial charge in [-0.05, 0) is 19.3 Å². The van der Waals surface area contributed by atoms with E-state index < -0.39 is 11.4 Å². The zero-order chi connectivity index (χ0) is 11.3. The maximum absolute atomic E-state index is 11.0. The standard InChI is InChI=1S/C12H23NO2/c1-12(9-13,11(14)15)8-4-7-10-5-2-3-6-10/h10H,2-9,13H2,1H3,(H,14,15). The normalized spacial score (nSPS) is 21.5. The van der Waals surface area contributed by atoms with Crippen molar-refractivity contribution in [3.8, 4) is 0 Å². The van der Waals surface area contributed by atoms with Crippen LogP contribution in [0.3, 0.4) is 0 Å². The highest BCUT2D eigenvalue weighted by Crippen LogP contribution is 2.31. The van der Waals surface area contributed by atoms with E-state index in [0.29, 0.717) is 0 Å². The lowest BCUT2D eigenvalue weighted by atomic mass is 9.83. The summed E-state index contributed by atoms with van der Waals surface area (Å²) in [5, 5.41) is 9.04. The maximum atomic E-state index is 11.0. The Morgan fingerprint density at radius 2 is 2.07 bits per heavy atom. The maximum Gasteiger partial charge on any atom is 0.310 e. The lowest BCUT2D eigenvalue weighted by molar-refractivity contribution is -0.147. The first-order chi connectivity index (χ1) is 7.08. The quantitative estimate of drug-likeness (QED) is 0.712. The number of carbonyl (C=O) groups is 1. The van der Waals surface area contributed by atoms with Crippen molar-refractivity contribution in [2.24, 2.45) is 17.1 Å². The van der Waals surface area contributed by atoms with Gasteiger partial charge < -0.3 is 10.8 Å². The minimum atomic E-state index is -0.753. The van der Waals surface area contributed by atoms with Crippen LogP contribution in [0.1, 0.15) is 51.9 Å². The number of hydrogen-bond donors (Lipinski definition) is 2. The number of rotatable bonds is 6. The summed E-state index contributed by atoms with van der Waals surface area (Å²) in [7, 11) is 0. The first kappa shape index (κ1) is 12.5. The fraction of sp³-hybridized carbons (Fsp3) is 0.917. The van der Waals surface area contributed by atoms with Crippen molar-refractivity contribution in [2.75, 3.05) is 6.54 Å². The molecule has 0 spiro atoms. The van der Waals surface area contributed by atoms with Crippen molar-refractivity contribution >= 4 is 5.97 Å². The van der Waals surface area contributed by atoms with Crippen molar-refractivity contribution in [3.63, 3.8) is 0 Å². The molecule has 0 saturated heterocycles. The van der Waals surface area contributed by atoms with Gasteiger partial charge in [-0.15, -0.1) is 0 Å². The number of carboxylic acid groups (broad SMARTS) is 1. The molecule has 0 aromatic heterocycles. The Balaban J connectivity index is 2.25. The van der Waals surface area contributed by atoms with Gasteiger partial charge in [0.05, 0.1) is 5.41 Å². The average molecular weight is 213 g/mol. The molecule has 0 amide bonds. The average Bonchev–Trinajstić information content (AvgIpc) is 2.70. The number of aliphatic carboxylic acids is 1. The summed E-state index contributed by atoms with van der Waals surface area (Å²) in [6.45, 7) is 2.00. The van der Waals surface area contributed by atoms with Gasteiger partial charge in [-0.2, -0.15) is 0 Å².